The zero-order valence-corrected chi connectivity index (χ0v) is 15.1. The standard InChI is InChI=1S/C17H23N3O3S/c1-4-18-17-20(5-2)16(22)14(24-17)11-15(21)19-12-9-7-8-10-13(12)23-6-3/h7-10,14H,4-6,11H2,1-3H3,(H,19,21)/t14-/m1/s1. The van der Waals surface area contributed by atoms with Crippen LogP contribution in [0.15, 0.2) is 29.3 Å². The van der Waals surface area contributed by atoms with Crippen LogP contribution in [0.1, 0.15) is 27.2 Å². The number of thioether (sulfide) groups is 1. The summed E-state index contributed by atoms with van der Waals surface area (Å²) in [6, 6.07) is 7.27. The van der Waals surface area contributed by atoms with Gasteiger partial charge in [0.15, 0.2) is 5.17 Å². The summed E-state index contributed by atoms with van der Waals surface area (Å²) in [4.78, 5) is 30.7. The molecule has 2 rings (SSSR count). The minimum atomic E-state index is -0.422. The average Bonchev–Trinajstić information content (AvgIpc) is 2.85. The summed E-state index contributed by atoms with van der Waals surface area (Å²) in [6.45, 7) is 7.43. The number of hydrogen-bond acceptors (Lipinski definition) is 5. The number of carbonyl (C=O) groups is 2. The molecular formula is C17H23N3O3S. The van der Waals surface area contributed by atoms with Crippen molar-refractivity contribution in [2.24, 2.45) is 4.99 Å². The lowest BCUT2D eigenvalue weighted by atomic mass is 10.2. The van der Waals surface area contributed by atoms with Crippen molar-refractivity contribution in [3.8, 4) is 5.75 Å². The van der Waals surface area contributed by atoms with E-state index in [2.05, 4.69) is 10.3 Å². The first kappa shape index (κ1) is 18.3. The number of nitrogens with one attached hydrogen (secondary N) is 1. The number of aliphatic imine (C=N–C) groups is 1. The van der Waals surface area contributed by atoms with Crippen molar-refractivity contribution in [3.63, 3.8) is 0 Å². The molecule has 1 aliphatic rings. The van der Waals surface area contributed by atoms with Gasteiger partial charge in [0.25, 0.3) is 0 Å². The summed E-state index contributed by atoms with van der Waals surface area (Å²) in [6.07, 6.45) is 0.114. The number of benzene rings is 1. The number of amides is 2. The summed E-state index contributed by atoms with van der Waals surface area (Å²) in [7, 11) is 0. The highest BCUT2D eigenvalue weighted by atomic mass is 32.2. The van der Waals surface area contributed by atoms with Gasteiger partial charge in [-0.05, 0) is 32.9 Å². The van der Waals surface area contributed by atoms with Crippen LogP contribution in [-0.2, 0) is 9.59 Å². The summed E-state index contributed by atoms with van der Waals surface area (Å²) < 4.78 is 5.50. The number of rotatable bonds is 7. The number of carbonyl (C=O) groups excluding carboxylic acids is 2. The topological polar surface area (TPSA) is 71.0 Å². The van der Waals surface area contributed by atoms with Crippen molar-refractivity contribution in [2.45, 2.75) is 32.4 Å². The van der Waals surface area contributed by atoms with Crippen LogP contribution in [0, 0.1) is 0 Å². The molecule has 1 heterocycles. The van der Waals surface area contributed by atoms with Crippen molar-refractivity contribution in [1.82, 2.24) is 4.90 Å². The van der Waals surface area contributed by atoms with E-state index < -0.39 is 5.25 Å². The van der Waals surface area contributed by atoms with Crippen LogP contribution in [-0.4, -0.2) is 46.8 Å². The van der Waals surface area contributed by atoms with Crippen LogP contribution in [0.25, 0.3) is 0 Å². The molecule has 0 aromatic heterocycles. The lowest BCUT2D eigenvalue weighted by Crippen LogP contribution is -2.33. The summed E-state index contributed by atoms with van der Waals surface area (Å²) in [5.74, 6) is 0.368. The van der Waals surface area contributed by atoms with E-state index in [9.17, 15) is 9.59 Å². The van der Waals surface area contributed by atoms with Gasteiger partial charge in [-0.1, -0.05) is 23.9 Å². The Balaban J connectivity index is 2.03. The van der Waals surface area contributed by atoms with Gasteiger partial charge in [-0.25, -0.2) is 0 Å². The Morgan fingerprint density at radius 3 is 2.75 bits per heavy atom. The molecule has 0 aliphatic carbocycles. The number of ether oxygens (including phenoxy) is 1. The molecule has 0 unspecified atom stereocenters. The molecule has 130 valence electrons. The van der Waals surface area contributed by atoms with Gasteiger partial charge in [0.1, 0.15) is 11.0 Å². The first-order valence-electron chi connectivity index (χ1n) is 8.14. The Kier molecular flexibility index (Phi) is 6.66. The molecule has 0 spiro atoms. The smallest absolute Gasteiger partial charge is 0.242 e. The van der Waals surface area contributed by atoms with Crippen molar-refractivity contribution in [2.75, 3.05) is 25.0 Å². The Morgan fingerprint density at radius 1 is 1.33 bits per heavy atom. The Morgan fingerprint density at radius 2 is 2.08 bits per heavy atom. The van der Waals surface area contributed by atoms with Gasteiger partial charge in [0.2, 0.25) is 11.8 Å². The lowest BCUT2D eigenvalue weighted by molar-refractivity contribution is -0.128. The van der Waals surface area contributed by atoms with Crippen LogP contribution in [0.4, 0.5) is 5.69 Å². The van der Waals surface area contributed by atoms with E-state index in [4.69, 9.17) is 4.74 Å². The molecular weight excluding hydrogens is 326 g/mol. The molecule has 1 N–H and O–H groups in total. The SMILES string of the molecule is CCN=C1S[C@H](CC(=O)Nc2ccccc2OCC)C(=O)N1CC. The summed E-state index contributed by atoms with van der Waals surface area (Å²) in [5, 5.41) is 3.12. The number of amidine groups is 1. The average molecular weight is 349 g/mol. The third-order valence-corrected chi connectivity index (χ3v) is 4.67. The van der Waals surface area contributed by atoms with Gasteiger partial charge < -0.3 is 10.1 Å². The first-order chi connectivity index (χ1) is 11.6. The summed E-state index contributed by atoms with van der Waals surface area (Å²) >= 11 is 1.36. The van der Waals surface area contributed by atoms with E-state index in [0.29, 0.717) is 36.3 Å². The molecule has 0 radical (unpaired) electrons. The molecule has 1 aliphatic heterocycles. The fourth-order valence-electron chi connectivity index (χ4n) is 2.41. The van der Waals surface area contributed by atoms with E-state index in [1.54, 1.807) is 17.0 Å². The molecule has 1 fully saturated rings. The third-order valence-electron chi connectivity index (χ3n) is 3.46. The van der Waals surface area contributed by atoms with Crippen molar-refractivity contribution >= 4 is 34.4 Å². The van der Waals surface area contributed by atoms with Crippen LogP contribution >= 0.6 is 11.8 Å². The second-order valence-electron chi connectivity index (χ2n) is 5.13. The lowest BCUT2D eigenvalue weighted by Gasteiger charge is -2.13. The number of nitrogens with zero attached hydrogens (tertiary/aromatic N) is 2. The van der Waals surface area contributed by atoms with Crippen molar-refractivity contribution < 1.29 is 14.3 Å². The highest BCUT2D eigenvalue weighted by Crippen LogP contribution is 2.30. The maximum absolute atomic E-state index is 12.4. The number of hydrogen-bond donors (Lipinski definition) is 1. The normalized spacial score (nSPS) is 19.0. The third kappa shape index (κ3) is 4.29. The molecule has 1 aromatic rings. The Bertz CT molecular complexity index is 633. The van der Waals surface area contributed by atoms with Crippen LogP contribution < -0.4 is 10.1 Å². The second kappa shape index (κ2) is 8.73. The molecule has 0 bridgehead atoms. The van der Waals surface area contributed by atoms with E-state index >= 15 is 0 Å². The van der Waals surface area contributed by atoms with Crippen LogP contribution in [0.5, 0.6) is 5.75 Å². The van der Waals surface area contributed by atoms with E-state index in [1.165, 1.54) is 11.8 Å². The van der Waals surface area contributed by atoms with Crippen molar-refractivity contribution in [1.29, 1.82) is 0 Å². The fourth-order valence-corrected chi connectivity index (χ4v) is 3.68. The van der Waals surface area contributed by atoms with E-state index in [0.717, 1.165) is 0 Å². The van der Waals surface area contributed by atoms with Crippen LogP contribution in [0.2, 0.25) is 0 Å². The molecule has 24 heavy (non-hydrogen) atoms. The molecule has 1 aromatic carbocycles. The van der Waals surface area contributed by atoms with Gasteiger partial charge in [-0.15, -0.1) is 0 Å². The monoisotopic (exact) mass is 349 g/mol. The van der Waals surface area contributed by atoms with Gasteiger partial charge in [-0.3, -0.25) is 19.5 Å². The largest absolute Gasteiger partial charge is 0.492 e. The van der Waals surface area contributed by atoms with Gasteiger partial charge >= 0.3 is 0 Å². The van der Waals surface area contributed by atoms with E-state index in [1.807, 2.05) is 32.9 Å². The predicted molar refractivity (Wildman–Crippen MR) is 97.6 cm³/mol. The molecule has 7 heteroatoms. The van der Waals surface area contributed by atoms with Crippen molar-refractivity contribution in [3.05, 3.63) is 24.3 Å². The highest BCUT2D eigenvalue weighted by Gasteiger charge is 2.38. The van der Waals surface area contributed by atoms with Gasteiger partial charge in [-0.2, -0.15) is 0 Å². The first-order valence-corrected chi connectivity index (χ1v) is 9.02. The van der Waals surface area contributed by atoms with Crippen LogP contribution in [0.3, 0.4) is 0 Å². The second-order valence-corrected chi connectivity index (χ2v) is 6.30. The minimum Gasteiger partial charge on any atom is -0.492 e. The minimum absolute atomic E-state index is 0.0528. The zero-order valence-electron chi connectivity index (χ0n) is 14.2. The summed E-state index contributed by atoms with van der Waals surface area (Å²) in [5.41, 5.74) is 0.620. The number of anilines is 1. The van der Waals surface area contributed by atoms with Gasteiger partial charge in [0, 0.05) is 19.5 Å². The predicted octanol–water partition coefficient (Wildman–Crippen LogP) is 2.75. The maximum Gasteiger partial charge on any atom is 0.242 e. The molecule has 1 atom stereocenters. The zero-order chi connectivity index (χ0) is 17.5. The molecule has 6 nitrogen and oxygen atoms in total. The highest BCUT2D eigenvalue weighted by molar-refractivity contribution is 8.15. The fraction of sp³-hybridized carbons (Fsp3) is 0.471. The Hall–Kier alpha value is -2.02. The van der Waals surface area contributed by atoms with E-state index in [-0.39, 0.29) is 18.2 Å². The Labute approximate surface area is 146 Å². The molecule has 0 saturated carbocycles. The number of para-hydroxylation sites is 2. The maximum atomic E-state index is 12.4. The molecule has 1 saturated heterocycles. The quantitative estimate of drug-likeness (QED) is 0.822. The van der Waals surface area contributed by atoms with Gasteiger partial charge in [0.05, 0.1) is 12.3 Å². The molecule has 2 amide bonds.